The van der Waals surface area contributed by atoms with Gasteiger partial charge in [-0.15, -0.1) is 0 Å². The van der Waals surface area contributed by atoms with Gasteiger partial charge in [-0.25, -0.2) is 0 Å². The standard InChI is InChI=1S/C18H22N2O3/c1-22-16-11-14(12-17(13-16)23-2)6-7-18(21)20-10-8-15-5-3-4-9-19-15/h3-5,9,11-13H,6-8,10H2,1-2H3,(H,20,21). The predicted molar refractivity (Wildman–Crippen MR) is 88.8 cm³/mol. The largest absolute Gasteiger partial charge is 0.497 e. The highest BCUT2D eigenvalue weighted by Crippen LogP contribution is 2.23. The molecule has 0 aliphatic heterocycles. The number of ether oxygens (including phenoxy) is 2. The molecule has 1 heterocycles. The van der Waals surface area contributed by atoms with E-state index in [1.54, 1.807) is 20.4 Å². The average molecular weight is 314 g/mol. The van der Waals surface area contributed by atoms with Gasteiger partial charge >= 0.3 is 0 Å². The fraction of sp³-hybridized carbons (Fsp3) is 0.333. The molecule has 0 aliphatic rings. The number of amides is 1. The minimum absolute atomic E-state index is 0.0303. The zero-order valence-electron chi connectivity index (χ0n) is 13.5. The van der Waals surface area contributed by atoms with Gasteiger partial charge in [0.05, 0.1) is 14.2 Å². The van der Waals surface area contributed by atoms with Crippen LogP contribution in [0.2, 0.25) is 0 Å². The summed E-state index contributed by atoms with van der Waals surface area (Å²) in [5, 5.41) is 2.92. The third-order valence-electron chi connectivity index (χ3n) is 3.48. The number of nitrogens with zero attached hydrogens (tertiary/aromatic N) is 1. The van der Waals surface area contributed by atoms with Crippen LogP contribution in [-0.2, 0) is 17.6 Å². The third-order valence-corrected chi connectivity index (χ3v) is 3.48. The molecule has 1 aromatic heterocycles. The number of hydrogen-bond acceptors (Lipinski definition) is 4. The Bertz CT molecular complexity index is 607. The van der Waals surface area contributed by atoms with Gasteiger partial charge in [-0.2, -0.15) is 0 Å². The number of nitrogens with one attached hydrogen (secondary N) is 1. The third kappa shape index (κ3) is 5.62. The van der Waals surface area contributed by atoms with E-state index in [4.69, 9.17) is 9.47 Å². The maximum atomic E-state index is 11.9. The number of pyridine rings is 1. The summed E-state index contributed by atoms with van der Waals surface area (Å²) in [6.45, 7) is 0.595. The Kier molecular flexibility index (Phi) is 6.41. The normalized spacial score (nSPS) is 10.2. The van der Waals surface area contributed by atoms with E-state index in [0.717, 1.165) is 29.2 Å². The van der Waals surface area contributed by atoms with Crippen molar-refractivity contribution in [3.63, 3.8) is 0 Å². The lowest BCUT2D eigenvalue weighted by Crippen LogP contribution is -2.26. The fourth-order valence-corrected chi connectivity index (χ4v) is 2.23. The zero-order valence-corrected chi connectivity index (χ0v) is 13.5. The van der Waals surface area contributed by atoms with E-state index in [-0.39, 0.29) is 5.91 Å². The number of benzene rings is 1. The number of carbonyl (C=O) groups is 1. The van der Waals surface area contributed by atoms with E-state index in [2.05, 4.69) is 10.3 Å². The Morgan fingerprint density at radius 1 is 1.09 bits per heavy atom. The second-order valence-electron chi connectivity index (χ2n) is 5.14. The van der Waals surface area contributed by atoms with Gasteiger partial charge in [0.1, 0.15) is 11.5 Å². The lowest BCUT2D eigenvalue weighted by atomic mass is 10.1. The van der Waals surface area contributed by atoms with E-state index in [9.17, 15) is 4.79 Å². The van der Waals surface area contributed by atoms with Gasteiger partial charge in [-0.1, -0.05) is 6.07 Å². The SMILES string of the molecule is COc1cc(CCC(=O)NCCc2ccccn2)cc(OC)c1. The lowest BCUT2D eigenvalue weighted by Gasteiger charge is -2.09. The van der Waals surface area contributed by atoms with Crippen molar-refractivity contribution in [1.29, 1.82) is 0 Å². The molecule has 2 rings (SSSR count). The summed E-state index contributed by atoms with van der Waals surface area (Å²) in [4.78, 5) is 16.1. The molecule has 0 saturated heterocycles. The maximum Gasteiger partial charge on any atom is 0.220 e. The molecule has 0 bridgehead atoms. The minimum Gasteiger partial charge on any atom is -0.497 e. The highest BCUT2D eigenvalue weighted by molar-refractivity contribution is 5.76. The van der Waals surface area contributed by atoms with E-state index >= 15 is 0 Å². The molecule has 122 valence electrons. The van der Waals surface area contributed by atoms with E-state index in [1.165, 1.54) is 0 Å². The summed E-state index contributed by atoms with van der Waals surface area (Å²) in [5.41, 5.74) is 1.99. The van der Waals surface area contributed by atoms with Crippen molar-refractivity contribution in [3.05, 3.63) is 53.9 Å². The van der Waals surface area contributed by atoms with Crippen LogP contribution in [0.25, 0.3) is 0 Å². The van der Waals surface area contributed by atoms with E-state index < -0.39 is 0 Å². The van der Waals surface area contributed by atoms with Crippen molar-refractivity contribution in [1.82, 2.24) is 10.3 Å². The molecule has 2 aromatic rings. The molecule has 0 unspecified atom stereocenters. The Labute approximate surface area is 136 Å². The molecule has 0 aliphatic carbocycles. The molecule has 23 heavy (non-hydrogen) atoms. The summed E-state index contributed by atoms with van der Waals surface area (Å²) in [5.74, 6) is 1.49. The molecule has 0 atom stereocenters. The first-order valence-electron chi connectivity index (χ1n) is 7.60. The van der Waals surface area contributed by atoms with Gasteiger partial charge in [-0.3, -0.25) is 9.78 Å². The van der Waals surface area contributed by atoms with Crippen LogP contribution >= 0.6 is 0 Å². The van der Waals surface area contributed by atoms with Crippen LogP contribution in [0, 0.1) is 0 Å². The van der Waals surface area contributed by atoms with Gasteiger partial charge in [0, 0.05) is 37.3 Å². The van der Waals surface area contributed by atoms with Crippen LogP contribution in [-0.4, -0.2) is 31.7 Å². The second kappa shape index (κ2) is 8.78. The second-order valence-corrected chi connectivity index (χ2v) is 5.14. The van der Waals surface area contributed by atoms with Crippen LogP contribution < -0.4 is 14.8 Å². The molecule has 0 radical (unpaired) electrons. The lowest BCUT2D eigenvalue weighted by molar-refractivity contribution is -0.121. The molecule has 1 aromatic carbocycles. The highest BCUT2D eigenvalue weighted by Gasteiger charge is 2.06. The van der Waals surface area contributed by atoms with Crippen molar-refractivity contribution < 1.29 is 14.3 Å². The topological polar surface area (TPSA) is 60.5 Å². The van der Waals surface area contributed by atoms with Crippen molar-refractivity contribution in [2.24, 2.45) is 0 Å². The predicted octanol–water partition coefficient (Wildman–Crippen LogP) is 2.39. The summed E-state index contributed by atoms with van der Waals surface area (Å²) < 4.78 is 10.5. The Balaban J connectivity index is 1.78. The molecular formula is C18H22N2O3. The molecule has 1 amide bonds. The van der Waals surface area contributed by atoms with Crippen LogP contribution in [0.15, 0.2) is 42.6 Å². The average Bonchev–Trinajstić information content (AvgIpc) is 2.60. The van der Waals surface area contributed by atoms with Crippen LogP contribution in [0.5, 0.6) is 11.5 Å². The Morgan fingerprint density at radius 3 is 2.43 bits per heavy atom. The number of hydrogen-bond donors (Lipinski definition) is 1. The quantitative estimate of drug-likeness (QED) is 0.813. The van der Waals surface area contributed by atoms with Crippen molar-refractivity contribution in [3.8, 4) is 11.5 Å². The number of rotatable bonds is 8. The number of methoxy groups -OCH3 is 2. The zero-order chi connectivity index (χ0) is 16.5. The van der Waals surface area contributed by atoms with E-state index in [1.807, 2.05) is 36.4 Å². The first-order chi connectivity index (χ1) is 11.2. The smallest absolute Gasteiger partial charge is 0.220 e. The van der Waals surface area contributed by atoms with Gasteiger partial charge in [0.25, 0.3) is 0 Å². The molecule has 0 fully saturated rings. The van der Waals surface area contributed by atoms with Crippen molar-refractivity contribution in [2.75, 3.05) is 20.8 Å². The fourth-order valence-electron chi connectivity index (χ4n) is 2.23. The molecular weight excluding hydrogens is 292 g/mol. The summed E-state index contributed by atoms with van der Waals surface area (Å²) >= 11 is 0. The molecule has 0 spiro atoms. The minimum atomic E-state index is 0.0303. The first-order valence-corrected chi connectivity index (χ1v) is 7.60. The molecule has 5 heteroatoms. The van der Waals surface area contributed by atoms with Gasteiger partial charge in [0.2, 0.25) is 5.91 Å². The van der Waals surface area contributed by atoms with Crippen molar-refractivity contribution in [2.45, 2.75) is 19.3 Å². The number of carbonyl (C=O) groups excluding carboxylic acids is 1. The van der Waals surface area contributed by atoms with Crippen LogP contribution in [0.4, 0.5) is 0 Å². The van der Waals surface area contributed by atoms with Crippen LogP contribution in [0.3, 0.4) is 0 Å². The van der Waals surface area contributed by atoms with Gasteiger partial charge in [-0.05, 0) is 36.2 Å². The Morgan fingerprint density at radius 2 is 1.83 bits per heavy atom. The van der Waals surface area contributed by atoms with Gasteiger partial charge in [0.15, 0.2) is 0 Å². The summed E-state index contributed by atoms with van der Waals surface area (Å²) in [6, 6.07) is 11.4. The Hall–Kier alpha value is -2.56. The van der Waals surface area contributed by atoms with Gasteiger partial charge < -0.3 is 14.8 Å². The monoisotopic (exact) mass is 314 g/mol. The molecule has 5 nitrogen and oxygen atoms in total. The first kappa shape index (κ1) is 16.8. The van der Waals surface area contributed by atoms with Crippen molar-refractivity contribution >= 4 is 5.91 Å². The summed E-state index contributed by atoms with van der Waals surface area (Å²) in [7, 11) is 3.23. The number of aromatic nitrogens is 1. The van der Waals surface area contributed by atoms with Crippen LogP contribution in [0.1, 0.15) is 17.7 Å². The highest BCUT2D eigenvalue weighted by atomic mass is 16.5. The van der Waals surface area contributed by atoms with E-state index in [0.29, 0.717) is 19.4 Å². The summed E-state index contributed by atoms with van der Waals surface area (Å²) in [6.07, 6.45) is 3.56. The number of aryl methyl sites for hydroxylation is 1. The molecule has 0 saturated carbocycles. The molecule has 1 N–H and O–H groups in total. The maximum absolute atomic E-state index is 11.9.